The Hall–Kier alpha value is 0.250. The lowest BCUT2D eigenvalue weighted by molar-refractivity contribution is -0.120. The van der Waals surface area contributed by atoms with Crippen LogP contribution < -0.4 is 0 Å². The van der Waals surface area contributed by atoms with Crippen LogP contribution in [-0.2, 0) is 4.79 Å². The highest BCUT2D eigenvalue weighted by molar-refractivity contribution is 6.18. The molecule has 0 saturated heterocycles. The van der Waals surface area contributed by atoms with Gasteiger partial charge in [0.1, 0.15) is 5.78 Å². The first-order chi connectivity index (χ1) is 4.72. The molecule has 60 valence electrons. The van der Waals surface area contributed by atoms with E-state index in [1.165, 1.54) is 0 Å². The minimum atomic E-state index is 0.0787. The van der Waals surface area contributed by atoms with Gasteiger partial charge < -0.3 is 0 Å². The first-order valence-electron chi connectivity index (χ1n) is 3.34. The largest absolute Gasteiger partial charge is 0.300 e. The standard InChI is InChI=1S/C7H12Cl2O/c1-6(10)7(2-4-8)3-5-9/h7H,2-5H2,1H3. The van der Waals surface area contributed by atoms with Crippen molar-refractivity contribution < 1.29 is 4.79 Å². The molecule has 0 aliphatic carbocycles. The minimum absolute atomic E-state index is 0.0787. The fraction of sp³-hybridized carbons (Fsp3) is 0.857. The third-order valence-electron chi connectivity index (χ3n) is 1.49. The second kappa shape index (κ2) is 5.99. The summed E-state index contributed by atoms with van der Waals surface area (Å²) in [6.07, 6.45) is 1.51. The van der Waals surface area contributed by atoms with Crippen molar-refractivity contribution in [1.29, 1.82) is 0 Å². The van der Waals surface area contributed by atoms with E-state index >= 15 is 0 Å². The van der Waals surface area contributed by atoms with Gasteiger partial charge in [0, 0.05) is 17.7 Å². The van der Waals surface area contributed by atoms with E-state index < -0.39 is 0 Å². The maximum Gasteiger partial charge on any atom is 0.132 e. The van der Waals surface area contributed by atoms with Crippen LogP contribution in [0.5, 0.6) is 0 Å². The highest BCUT2D eigenvalue weighted by atomic mass is 35.5. The molecule has 0 heterocycles. The van der Waals surface area contributed by atoms with E-state index in [0.717, 1.165) is 12.8 Å². The molecule has 0 aromatic heterocycles. The second-order valence-electron chi connectivity index (χ2n) is 2.26. The number of Topliss-reactive ketones (excluding diaryl/α,β-unsaturated/α-hetero) is 1. The molecule has 0 spiro atoms. The normalized spacial score (nSPS) is 10.4. The number of hydrogen-bond donors (Lipinski definition) is 0. The number of hydrogen-bond acceptors (Lipinski definition) is 1. The first kappa shape index (κ1) is 10.2. The van der Waals surface area contributed by atoms with Crippen molar-refractivity contribution in [1.82, 2.24) is 0 Å². The average molecular weight is 183 g/mol. The predicted molar refractivity (Wildman–Crippen MR) is 44.8 cm³/mol. The molecule has 0 aromatic rings. The number of alkyl halides is 2. The predicted octanol–water partition coefficient (Wildman–Crippen LogP) is 2.45. The third kappa shape index (κ3) is 4.13. The Kier molecular flexibility index (Phi) is 6.14. The quantitative estimate of drug-likeness (QED) is 0.598. The molecular weight excluding hydrogens is 171 g/mol. The van der Waals surface area contributed by atoms with Crippen LogP contribution in [0.15, 0.2) is 0 Å². The summed E-state index contributed by atoms with van der Waals surface area (Å²) in [5.74, 6) is 1.36. The molecule has 0 N–H and O–H groups in total. The van der Waals surface area contributed by atoms with Crippen molar-refractivity contribution in [3.63, 3.8) is 0 Å². The Morgan fingerprint density at radius 1 is 1.30 bits per heavy atom. The lowest BCUT2D eigenvalue weighted by Gasteiger charge is -2.08. The van der Waals surface area contributed by atoms with Crippen LogP contribution in [0.25, 0.3) is 0 Å². The van der Waals surface area contributed by atoms with Crippen molar-refractivity contribution in [2.45, 2.75) is 19.8 Å². The summed E-state index contributed by atoms with van der Waals surface area (Å²) in [6, 6.07) is 0. The van der Waals surface area contributed by atoms with Crippen LogP contribution in [-0.4, -0.2) is 17.5 Å². The number of carbonyl (C=O) groups is 1. The number of rotatable bonds is 5. The van der Waals surface area contributed by atoms with E-state index in [1.807, 2.05) is 0 Å². The first-order valence-corrected chi connectivity index (χ1v) is 4.41. The zero-order valence-electron chi connectivity index (χ0n) is 6.07. The second-order valence-corrected chi connectivity index (χ2v) is 3.02. The molecule has 0 unspecified atom stereocenters. The van der Waals surface area contributed by atoms with Crippen molar-refractivity contribution in [2.75, 3.05) is 11.8 Å². The fourth-order valence-corrected chi connectivity index (χ4v) is 1.34. The van der Waals surface area contributed by atoms with Gasteiger partial charge >= 0.3 is 0 Å². The molecule has 0 aromatic carbocycles. The van der Waals surface area contributed by atoms with Crippen molar-refractivity contribution in [3.8, 4) is 0 Å². The number of carbonyl (C=O) groups excluding carboxylic acids is 1. The summed E-state index contributed by atoms with van der Waals surface area (Å²) >= 11 is 11.0. The van der Waals surface area contributed by atoms with E-state index in [-0.39, 0.29) is 11.7 Å². The summed E-state index contributed by atoms with van der Waals surface area (Å²) < 4.78 is 0. The monoisotopic (exact) mass is 182 g/mol. The molecule has 3 heteroatoms. The van der Waals surface area contributed by atoms with Crippen LogP contribution in [0.1, 0.15) is 19.8 Å². The van der Waals surface area contributed by atoms with Crippen LogP contribution in [0, 0.1) is 5.92 Å². The van der Waals surface area contributed by atoms with E-state index in [0.29, 0.717) is 11.8 Å². The van der Waals surface area contributed by atoms with E-state index in [9.17, 15) is 4.79 Å². The van der Waals surface area contributed by atoms with E-state index in [1.54, 1.807) is 6.92 Å². The molecular formula is C7H12Cl2O. The summed E-state index contributed by atoms with van der Waals surface area (Å²) in [7, 11) is 0. The molecule has 0 saturated carbocycles. The van der Waals surface area contributed by atoms with Gasteiger partial charge in [0.05, 0.1) is 0 Å². The molecule has 0 amide bonds. The molecule has 0 radical (unpaired) electrons. The van der Waals surface area contributed by atoms with Crippen LogP contribution >= 0.6 is 23.2 Å². The van der Waals surface area contributed by atoms with Gasteiger partial charge in [-0.3, -0.25) is 4.79 Å². The van der Waals surface area contributed by atoms with Gasteiger partial charge in [0.25, 0.3) is 0 Å². The Bertz CT molecular complexity index is 97.8. The molecule has 0 bridgehead atoms. The SMILES string of the molecule is CC(=O)C(CCCl)CCCl. The molecule has 1 nitrogen and oxygen atoms in total. The summed E-state index contributed by atoms with van der Waals surface area (Å²) in [5.41, 5.74) is 0. The van der Waals surface area contributed by atoms with Gasteiger partial charge in [-0.15, -0.1) is 23.2 Å². The van der Waals surface area contributed by atoms with Crippen molar-refractivity contribution >= 4 is 29.0 Å². The molecule has 0 rings (SSSR count). The highest BCUT2D eigenvalue weighted by Gasteiger charge is 2.11. The van der Waals surface area contributed by atoms with Gasteiger partial charge in [-0.25, -0.2) is 0 Å². The van der Waals surface area contributed by atoms with Gasteiger partial charge in [-0.2, -0.15) is 0 Å². The van der Waals surface area contributed by atoms with Crippen LogP contribution in [0.4, 0.5) is 0 Å². The Balaban J connectivity index is 3.61. The third-order valence-corrected chi connectivity index (χ3v) is 1.93. The van der Waals surface area contributed by atoms with E-state index in [4.69, 9.17) is 23.2 Å². The van der Waals surface area contributed by atoms with Gasteiger partial charge in [-0.1, -0.05) is 0 Å². The van der Waals surface area contributed by atoms with E-state index in [2.05, 4.69) is 0 Å². The van der Waals surface area contributed by atoms with Gasteiger partial charge in [0.15, 0.2) is 0 Å². The number of halogens is 2. The van der Waals surface area contributed by atoms with Crippen molar-refractivity contribution in [2.24, 2.45) is 5.92 Å². The van der Waals surface area contributed by atoms with Crippen molar-refractivity contribution in [3.05, 3.63) is 0 Å². The zero-order valence-corrected chi connectivity index (χ0v) is 7.58. The summed E-state index contributed by atoms with van der Waals surface area (Å²) in [4.78, 5) is 10.8. The fourth-order valence-electron chi connectivity index (χ4n) is 0.814. The summed E-state index contributed by atoms with van der Waals surface area (Å²) in [5, 5.41) is 0. The van der Waals surface area contributed by atoms with Gasteiger partial charge in [0.2, 0.25) is 0 Å². The lowest BCUT2D eigenvalue weighted by atomic mass is 9.99. The molecule has 10 heavy (non-hydrogen) atoms. The maximum absolute atomic E-state index is 10.8. The Morgan fingerprint density at radius 3 is 1.90 bits per heavy atom. The average Bonchev–Trinajstić information content (AvgIpc) is 1.87. The topological polar surface area (TPSA) is 17.1 Å². The minimum Gasteiger partial charge on any atom is -0.300 e. The lowest BCUT2D eigenvalue weighted by Crippen LogP contribution is -2.11. The highest BCUT2D eigenvalue weighted by Crippen LogP contribution is 2.11. The molecule has 0 fully saturated rings. The molecule has 0 atom stereocenters. The van der Waals surface area contributed by atoms with Crippen LogP contribution in [0.2, 0.25) is 0 Å². The Morgan fingerprint density at radius 2 is 1.70 bits per heavy atom. The van der Waals surface area contributed by atoms with Crippen LogP contribution in [0.3, 0.4) is 0 Å². The molecule has 0 aliphatic heterocycles. The Labute approximate surface area is 71.7 Å². The molecule has 0 aliphatic rings. The number of ketones is 1. The summed E-state index contributed by atoms with van der Waals surface area (Å²) in [6.45, 7) is 1.59. The smallest absolute Gasteiger partial charge is 0.132 e. The zero-order chi connectivity index (χ0) is 7.98. The maximum atomic E-state index is 10.8. The van der Waals surface area contributed by atoms with Gasteiger partial charge in [-0.05, 0) is 19.8 Å².